The molecule has 0 bridgehead atoms. The van der Waals surface area contributed by atoms with Crippen LogP contribution in [0.15, 0.2) is 18.2 Å². The summed E-state index contributed by atoms with van der Waals surface area (Å²) in [7, 11) is 0. The number of nitrogens with one attached hydrogen (secondary N) is 1. The van der Waals surface area contributed by atoms with E-state index in [1.54, 1.807) is 0 Å². The minimum absolute atomic E-state index is 0.311. The molecule has 0 aliphatic rings. The Hall–Kier alpha value is -1.93. The van der Waals surface area contributed by atoms with Crippen LogP contribution in [0.2, 0.25) is 0 Å². The molecule has 0 atom stereocenters. The summed E-state index contributed by atoms with van der Waals surface area (Å²) in [5.41, 5.74) is 2.95. The molecule has 3 nitrogen and oxygen atoms in total. The number of rotatable bonds is 4. The lowest BCUT2D eigenvalue weighted by atomic mass is 10.1. The number of carbonyl (C=O) groups excluding carboxylic acids is 1. The summed E-state index contributed by atoms with van der Waals surface area (Å²) in [6, 6.07) is 2.79. The Kier molecular flexibility index (Phi) is 5.08. The van der Waals surface area contributed by atoms with Crippen LogP contribution in [0.3, 0.4) is 0 Å². The molecule has 1 aromatic rings. The van der Waals surface area contributed by atoms with E-state index in [1.807, 2.05) is 0 Å². The summed E-state index contributed by atoms with van der Waals surface area (Å²) >= 11 is 0. The molecule has 0 aliphatic heterocycles. The van der Waals surface area contributed by atoms with Gasteiger partial charge in [-0.3, -0.25) is 4.79 Å². The van der Waals surface area contributed by atoms with Gasteiger partial charge in [0.1, 0.15) is 0 Å². The summed E-state index contributed by atoms with van der Waals surface area (Å²) in [6.45, 7) is -0.311. The van der Waals surface area contributed by atoms with Crippen LogP contribution < -0.4 is 11.1 Å². The van der Waals surface area contributed by atoms with Gasteiger partial charge in [-0.1, -0.05) is 6.07 Å². The third-order valence-corrected chi connectivity index (χ3v) is 2.58. The highest BCUT2D eigenvalue weighted by molar-refractivity contribution is 5.99. The number of hydrogen-bond acceptors (Lipinski definition) is 2. The predicted octanol–water partition coefficient (Wildman–Crippen LogP) is 3.36. The van der Waals surface area contributed by atoms with Crippen LogP contribution in [-0.4, -0.2) is 18.6 Å². The van der Waals surface area contributed by atoms with Crippen LogP contribution in [0.5, 0.6) is 0 Å². The highest BCUT2D eigenvalue weighted by Crippen LogP contribution is 2.34. The smallest absolute Gasteiger partial charge is 0.398 e. The van der Waals surface area contributed by atoms with E-state index < -0.39 is 41.5 Å². The van der Waals surface area contributed by atoms with Crippen molar-refractivity contribution in [3.63, 3.8) is 0 Å². The second-order valence-corrected chi connectivity index (χ2v) is 4.24. The standard InChI is InChI=1S/C12H12F6N2O/c13-11(14,15)5-2-6-20-10(21)7-3-1-4-8(9(7)19)12(16,17)18/h1,3-4H,2,5-6,19H2,(H,20,21). The first-order valence-electron chi connectivity index (χ1n) is 5.83. The molecule has 0 saturated carbocycles. The first kappa shape index (κ1) is 17.1. The number of nitrogen functional groups attached to an aromatic ring is 1. The van der Waals surface area contributed by atoms with E-state index in [1.165, 1.54) is 0 Å². The number of anilines is 1. The molecular formula is C12H12F6N2O. The molecule has 0 fully saturated rings. The van der Waals surface area contributed by atoms with Crippen molar-refractivity contribution in [1.29, 1.82) is 0 Å². The highest BCUT2D eigenvalue weighted by atomic mass is 19.4. The third-order valence-electron chi connectivity index (χ3n) is 2.58. The van der Waals surface area contributed by atoms with Gasteiger partial charge in [-0.25, -0.2) is 0 Å². The lowest BCUT2D eigenvalue weighted by Gasteiger charge is -2.13. The van der Waals surface area contributed by atoms with E-state index in [4.69, 9.17) is 5.73 Å². The molecule has 1 rings (SSSR count). The average Bonchev–Trinajstić information content (AvgIpc) is 2.32. The van der Waals surface area contributed by atoms with Gasteiger partial charge in [0.15, 0.2) is 0 Å². The molecule has 0 radical (unpaired) electrons. The molecule has 0 unspecified atom stereocenters. The third kappa shape index (κ3) is 5.16. The van der Waals surface area contributed by atoms with Gasteiger partial charge in [0, 0.05) is 13.0 Å². The van der Waals surface area contributed by atoms with Crippen LogP contribution in [-0.2, 0) is 6.18 Å². The number of hydrogen-bond donors (Lipinski definition) is 2. The summed E-state index contributed by atoms with van der Waals surface area (Å²) in [4.78, 5) is 11.6. The van der Waals surface area contributed by atoms with Crippen molar-refractivity contribution in [2.45, 2.75) is 25.2 Å². The van der Waals surface area contributed by atoms with Gasteiger partial charge >= 0.3 is 12.4 Å². The molecule has 118 valence electrons. The van der Waals surface area contributed by atoms with Gasteiger partial charge in [0.25, 0.3) is 5.91 Å². The van der Waals surface area contributed by atoms with E-state index in [-0.39, 0.29) is 13.0 Å². The van der Waals surface area contributed by atoms with Gasteiger partial charge in [0.05, 0.1) is 16.8 Å². The van der Waals surface area contributed by atoms with Crippen molar-refractivity contribution in [2.75, 3.05) is 12.3 Å². The number of halogens is 6. The topological polar surface area (TPSA) is 55.1 Å². The van der Waals surface area contributed by atoms with Crippen molar-refractivity contribution in [1.82, 2.24) is 5.32 Å². The Morgan fingerprint density at radius 2 is 1.76 bits per heavy atom. The Labute approximate surface area is 116 Å². The van der Waals surface area contributed by atoms with Crippen molar-refractivity contribution >= 4 is 11.6 Å². The highest BCUT2D eigenvalue weighted by Gasteiger charge is 2.34. The van der Waals surface area contributed by atoms with Crippen LogP contribution in [0.4, 0.5) is 32.0 Å². The predicted molar refractivity (Wildman–Crippen MR) is 63.5 cm³/mol. The van der Waals surface area contributed by atoms with Gasteiger partial charge in [-0.15, -0.1) is 0 Å². The zero-order valence-corrected chi connectivity index (χ0v) is 10.6. The van der Waals surface area contributed by atoms with Gasteiger partial charge in [-0.05, 0) is 18.6 Å². The second-order valence-electron chi connectivity index (χ2n) is 4.24. The van der Waals surface area contributed by atoms with E-state index >= 15 is 0 Å². The van der Waals surface area contributed by atoms with Crippen LogP contribution in [0.25, 0.3) is 0 Å². The molecule has 0 aliphatic carbocycles. The molecule has 1 amide bonds. The van der Waals surface area contributed by atoms with Crippen molar-refractivity contribution < 1.29 is 31.1 Å². The molecule has 0 saturated heterocycles. The maximum Gasteiger partial charge on any atom is 0.418 e. The molecule has 0 spiro atoms. The molecule has 21 heavy (non-hydrogen) atoms. The SMILES string of the molecule is Nc1c(C(=O)NCCCC(F)(F)F)cccc1C(F)(F)F. The average molecular weight is 314 g/mol. The second kappa shape index (κ2) is 6.23. The Bertz CT molecular complexity index is 509. The number of benzene rings is 1. The fraction of sp³-hybridized carbons (Fsp3) is 0.417. The molecule has 9 heteroatoms. The Morgan fingerprint density at radius 3 is 2.29 bits per heavy atom. The van der Waals surface area contributed by atoms with Crippen molar-refractivity contribution in [3.8, 4) is 0 Å². The maximum absolute atomic E-state index is 12.6. The first-order chi connectivity index (χ1) is 9.52. The van der Waals surface area contributed by atoms with E-state index in [2.05, 4.69) is 5.32 Å². The number of para-hydroxylation sites is 1. The Balaban J connectivity index is 2.71. The number of nitrogens with two attached hydrogens (primary N) is 1. The molecule has 0 heterocycles. The monoisotopic (exact) mass is 314 g/mol. The fourth-order valence-electron chi connectivity index (χ4n) is 1.60. The molecule has 0 aromatic heterocycles. The number of amides is 1. The normalized spacial score (nSPS) is 12.3. The maximum atomic E-state index is 12.6. The summed E-state index contributed by atoms with van der Waals surface area (Å²) in [6.07, 6.45) is -10.5. The van der Waals surface area contributed by atoms with E-state index in [0.29, 0.717) is 0 Å². The molecule has 3 N–H and O–H groups in total. The van der Waals surface area contributed by atoms with Gasteiger partial charge in [0.2, 0.25) is 0 Å². The minimum atomic E-state index is -4.71. The minimum Gasteiger partial charge on any atom is -0.398 e. The van der Waals surface area contributed by atoms with Crippen LogP contribution in [0, 0.1) is 0 Å². The van der Waals surface area contributed by atoms with E-state index in [9.17, 15) is 31.1 Å². The lowest BCUT2D eigenvalue weighted by Crippen LogP contribution is -2.27. The summed E-state index contributed by atoms with van der Waals surface area (Å²) < 4.78 is 73.5. The fourth-order valence-corrected chi connectivity index (χ4v) is 1.60. The van der Waals surface area contributed by atoms with Gasteiger partial charge in [-0.2, -0.15) is 26.3 Å². The van der Waals surface area contributed by atoms with Crippen LogP contribution >= 0.6 is 0 Å². The Morgan fingerprint density at radius 1 is 1.14 bits per heavy atom. The number of alkyl halides is 6. The first-order valence-corrected chi connectivity index (χ1v) is 5.83. The molecule has 1 aromatic carbocycles. The van der Waals surface area contributed by atoms with Crippen molar-refractivity contribution in [3.05, 3.63) is 29.3 Å². The van der Waals surface area contributed by atoms with Crippen molar-refractivity contribution in [2.24, 2.45) is 0 Å². The zero-order valence-electron chi connectivity index (χ0n) is 10.6. The van der Waals surface area contributed by atoms with E-state index in [0.717, 1.165) is 18.2 Å². The van der Waals surface area contributed by atoms with Crippen LogP contribution in [0.1, 0.15) is 28.8 Å². The zero-order chi connectivity index (χ0) is 16.3. The number of carbonyl (C=O) groups is 1. The molecular weight excluding hydrogens is 302 g/mol. The summed E-state index contributed by atoms with van der Waals surface area (Å²) in [5, 5.41) is 2.10. The summed E-state index contributed by atoms with van der Waals surface area (Å²) in [5.74, 6) is -0.944. The van der Waals surface area contributed by atoms with Gasteiger partial charge < -0.3 is 11.1 Å². The quantitative estimate of drug-likeness (QED) is 0.509. The largest absolute Gasteiger partial charge is 0.418 e. The lowest BCUT2D eigenvalue weighted by molar-refractivity contribution is -0.137.